The van der Waals surface area contributed by atoms with Gasteiger partial charge >= 0.3 is 0 Å². The molecule has 0 spiro atoms. The predicted molar refractivity (Wildman–Crippen MR) is 61.3 cm³/mol. The van der Waals surface area contributed by atoms with Gasteiger partial charge in [-0.15, -0.1) is 0 Å². The Labute approximate surface area is 90.9 Å². The molecule has 2 heteroatoms. The van der Waals surface area contributed by atoms with Crippen LogP contribution >= 0.6 is 0 Å². The number of phenols is 1. The molecular formula is C13H18O2. The van der Waals surface area contributed by atoms with Gasteiger partial charge in [0.05, 0.1) is 5.56 Å². The highest BCUT2D eigenvalue weighted by atomic mass is 16.3. The van der Waals surface area contributed by atoms with Gasteiger partial charge in [-0.3, -0.25) is 4.79 Å². The van der Waals surface area contributed by atoms with E-state index in [1.165, 1.54) is 19.3 Å². The first kappa shape index (κ1) is 11.8. The smallest absolute Gasteiger partial charge is 0.153 e. The van der Waals surface area contributed by atoms with Gasteiger partial charge in [-0.2, -0.15) is 0 Å². The lowest BCUT2D eigenvalue weighted by molar-refractivity contribution is 0.112. The maximum atomic E-state index is 10.6. The Hall–Kier alpha value is -1.31. The quantitative estimate of drug-likeness (QED) is 0.572. The second kappa shape index (κ2) is 6.23. The van der Waals surface area contributed by atoms with E-state index in [4.69, 9.17) is 0 Å². The van der Waals surface area contributed by atoms with Crippen LogP contribution in [-0.2, 0) is 6.42 Å². The van der Waals surface area contributed by atoms with Crippen molar-refractivity contribution in [2.24, 2.45) is 0 Å². The van der Waals surface area contributed by atoms with Crippen LogP contribution in [0.1, 0.15) is 48.5 Å². The van der Waals surface area contributed by atoms with Crippen LogP contribution in [0.4, 0.5) is 0 Å². The summed E-state index contributed by atoms with van der Waals surface area (Å²) in [4.78, 5) is 10.6. The van der Waals surface area contributed by atoms with Crippen molar-refractivity contribution in [3.63, 3.8) is 0 Å². The summed E-state index contributed by atoms with van der Waals surface area (Å²) in [5.41, 5.74) is 1.52. The Balaban J connectivity index is 2.51. The number of aldehydes is 1. The van der Waals surface area contributed by atoms with Gasteiger partial charge in [0.25, 0.3) is 0 Å². The lowest BCUT2D eigenvalue weighted by Gasteiger charge is -2.03. The maximum Gasteiger partial charge on any atom is 0.153 e. The van der Waals surface area contributed by atoms with Crippen LogP contribution in [0.3, 0.4) is 0 Å². The monoisotopic (exact) mass is 206 g/mol. The van der Waals surface area contributed by atoms with Crippen molar-refractivity contribution < 1.29 is 9.90 Å². The van der Waals surface area contributed by atoms with E-state index in [0.717, 1.165) is 18.4 Å². The molecule has 1 aromatic rings. The van der Waals surface area contributed by atoms with E-state index in [2.05, 4.69) is 6.92 Å². The maximum absolute atomic E-state index is 10.6. The normalized spacial score (nSPS) is 10.2. The molecule has 0 fully saturated rings. The number of aromatic hydroxyl groups is 1. The molecule has 0 aliphatic rings. The summed E-state index contributed by atoms with van der Waals surface area (Å²) in [7, 11) is 0. The minimum absolute atomic E-state index is 0.0716. The van der Waals surface area contributed by atoms with E-state index in [0.29, 0.717) is 11.8 Å². The standard InChI is InChI=1S/C13H18O2/c1-2-3-4-5-6-11-7-8-13(15)12(9-11)10-14/h7-10,15H,2-6H2,1H3. The first-order chi connectivity index (χ1) is 7.27. The zero-order valence-electron chi connectivity index (χ0n) is 9.20. The van der Waals surface area contributed by atoms with Crippen molar-refractivity contribution in [3.8, 4) is 5.75 Å². The predicted octanol–water partition coefficient (Wildman–Crippen LogP) is 3.33. The van der Waals surface area contributed by atoms with Gasteiger partial charge < -0.3 is 5.11 Å². The fourth-order valence-electron chi connectivity index (χ4n) is 1.61. The summed E-state index contributed by atoms with van der Waals surface area (Å²) in [5.74, 6) is 0.0716. The van der Waals surface area contributed by atoms with E-state index < -0.39 is 0 Å². The highest BCUT2D eigenvalue weighted by Crippen LogP contribution is 2.18. The second-order valence-corrected chi connectivity index (χ2v) is 3.82. The van der Waals surface area contributed by atoms with Crippen LogP contribution in [0, 0.1) is 0 Å². The molecule has 0 aliphatic carbocycles. The summed E-state index contributed by atoms with van der Waals surface area (Å²) < 4.78 is 0. The number of carbonyl (C=O) groups excluding carboxylic acids is 1. The topological polar surface area (TPSA) is 37.3 Å². The summed E-state index contributed by atoms with van der Waals surface area (Å²) in [6.07, 6.45) is 6.56. The van der Waals surface area contributed by atoms with Crippen LogP contribution in [-0.4, -0.2) is 11.4 Å². The van der Waals surface area contributed by atoms with E-state index in [-0.39, 0.29) is 5.75 Å². The van der Waals surface area contributed by atoms with Gasteiger partial charge in [0.15, 0.2) is 6.29 Å². The molecule has 0 aliphatic heterocycles. The van der Waals surface area contributed by atoms with Gasteiger partial charge in [-0.1, -0.05) is 32.3 Å². The molecule has 0 amide bonds. The number of unbranched alkanes of at least 4 members (excludes halogenated alkanes) is 3. The molecule has 1 rings (SSSR count). The molecule has 0 unspecified atom stereocenters. The van der Waals surface area contributed by atoms with Crippen molar-refractivity contribution in [2.45, 2.75) is 39.0 Å². The van der Waals surface area contributed by atoms with Crippen LogP contribution in [0.5, 0.6) is 5.75 Å². The zero-order chi connectivity index (χ0) is 11.1. The summed E-state index contributed by atoms with van der Waals surface area (Å²) in [6, 6.07) is 5.25. The molecule has 0 radical (unpaired) electrons. The summed E-state index contributed by atoms with van der Waals surface area (Å²) in [6.45, 7) is 2.19. The van der Waals surface area contributed by atoms with Crippen LogP contribution < -0.4 is 0 Å². The fraction of sp³-hybridized carbons (Fsp3) is 0.462. The minimum atomic E-state index is 0.0716. The van der Waals surface area contributed by atoms with Crippen molar-refractivity contribution in [1.82, 2.24) is 0 Å². The van der Waals surface area contributed by atoms with Crippen LogP contribution in [0.2, 0.25) is 0 Å². The van der Waals surface area contributed by atoms with Gasteiger partial charge in [0, 0.05) is 0 Å². The van der Waals surface area contributed by atoms with E-state index in [1.807, 2.05) is 6.07 Å². The summed E-state index contributed by atoms with van der Waals surface area (Å²) >= 11 is 0. The van der Waals surface area contributed by atoms with E-state index in [9.17, 15) is 9.90 Å². The molecule has 0 saturated heterocycles. The number of carbonyl (C=O) groups is 1. The average Bonchev–Trinajstić information content (AvgIpc) is 2.26. The lowest BCUT2D eigenvalue weighted by atomic mass is 10.0. The van der Waals surface area contributed by atoms with Crippen LogP contribution in [0.15, 0.2) is 18.2 Å². The lowest BCUT2D eigenvalue weighted by Crippen LogP contribution is -1.89. The number of hydrogen-bond donors (Lipinski definition) is 1. The van der Waals surface area contributed by atoms with Crippen molar-refractivity contribution in [3.05, 3.63) is 29.3 Å². The number of rotatable bonds is 6. The third kappa shape index (κ3) is 3.74. The Bertz CT molecular complexity index is 318. The fourth-order valence-corrected chi connectivity index (χ4v) is 1.61. The second-order valence-electron chi connectivity index (χ2n) is 3.82. The molecule has 15 heavy (non-hydrogen) atoms. The molecule has 1 aromatic carbocycles. The molecule has 0 aromatic heterocycles. The minimum Gasteiger partial charge on any atom is -0.507 e. The van der Waals surface area contributed by atoms with Gasteiger partial charge in [0.1, 0.15) is 5.75 Å². The Morgan fingerprint density at radius 1 is 1.27 bits per heavy atom. The Morgan fingerprint density at radius 2 is 2.07 bits per heavy atom. The molecule has 0 bridgehead atoms. The van der Waals surface area contributed by atoms with Gasteiger partial charge in [0.2, 0.25) is 0 Å². The molecule has 1 N–H and O–H groups in total. The van der Waals surface area contributed by atoms with Gasteiger partial charge in [-0.05, 0) is 30.5 Å². The first-order valence-electron chi connectivity index (χ1n) is 5.55. The van der Waals surface area contributed by atoms with Crippen molar-refractivity contribution in [2.75, 3.05) is 0 Å². The molecule has 0 heterocycles. The number of phenolic OH excluding ortho intramolecular Hbond substituents is 1. The molecular weight excluding hydrogens is 188 g/mol. The number of benzene rings is 1. The molecule has 0 atom stereocenters. The Morgan fingerprint density at radius 3 is 2.73 bits per heavy atom. The average molecular weight is 206 g/mol. The third-order valence-corrected chi connectivity index (χ3v) is 2.54. The van der Waals surface area contributed by atoms with Crippen LogP contribution in [0.25, 0.3) is 0 Å². The SMILES string of the molecule is CCCCCCc1ccc(O)c(C=O)c1. The largest absolute Gasteiger partial charge is 0.507 e. The van der Waals surface area contributed by atoms with Gasteiger partial charge in [-0.25, -0.2) is 0 Å². The number of aryl methyl sites for hydroxylation is 1. The number of hydrogen-bond acceptors (Lipinski definition) is 2. The molecule has 82 valence electrons. The Kier molecular flexibility index (Phi) is 4.88. The third-order valence-electron chi connectivity index (χ3n) is 2.54. The van der Waals surface area contributed by atoms with Crippen molar-refractivity contribution >= 4 is 6.29 Å². The van der Waals surface area contributed by atoms with Crippen molar-refractivity contribution in [1.29, 1.82) is 0 Å². The first-order valence-corrected chi connectivity index (χ1v) is 5.55. The van der Waals surface area contributed by atoms with E-state index >= 15 is 0 Å². The van der Waals surface area contributed by atoms with E-state index in [1.54, 1.807) is 12.1 Å². The molecule has 0 saturated carbocycles. The summed E-state index contributed by atoms with van der Waals surface area (Å²) in [5, 5.41) is 9.31. The highest BCUT2D eigenvalue weighted by molar-refractivity contribution is 5.79. The highest BCUT2D eigenvalue weighted by Gasteiger charge is 2.01. The molecule has 2 nitrogen and oxygen atoms in total. The zero-order valence-corrected chi connectivity index (χ0v) is 9.20.